The van der Waals surface area contributed by atoms with Crippen LogP contribution in [0, 0.1) is 5.92 Å². The predicted molar refractivity (Wildman–Crippen MR) is 75.5 cm³/mol. The van der Waals surface area contributed by atoms with Gasteiger partial charge in [-0.3, -0.25) is 0 Å². The molecule has 100 valence electrons. The third-order valence-electron chi connectivity index (χ3n) is 3.62. The molecule has 1 aromatic heterocycles. The Hall–Kier alpha value is -0.470. The van der Waals surface area contributed by atoms with Crippen molar-refractivity contribution in [2.24, 2.45) is 5.92 Å². The van der Waals surface area contributed by atoms with E-state index >= 15 is 0 Å². The first kappa shape index (κ1) is 14.0. The topological polar surface area (TPSA) is 22.1 Å². The first-order valence-electron chi connectivity index (χ1n) is 6.61. The maximum Gasteiger partial charge on any atom is 0.213 e. The van der Waals surface area contributed by atoms with Crippen LogP contribution in [-0.4, -0.2) is 11.1 Å². The largest absolute Gasteiger partial charge is 0.474 e. The molecule has 2 nitrogen and oxygen atoms in total. The minimum Gasteiger partial charge on any atom is -0.474 e. The Morgan fingerprint density at radius 3 is 2.94 bits per heavy atom. The van der Waals surface area contributed by atoms with E-state index in [2.05, 4.69) is 11.9 Å². The summed E-state index contributed by atoms with van der Waals surface area (Å²) in [5.41, 5.74) is 0.693. The van der Waals surface area contributed by atoms with E-state index in [1.807, 2.05) is 12.1 Å². The van der Waals surface area contributed by atoms with Gasteiger partial charge in [0.15, 0.2) is 0 Å². The summed E-state index contributed by atoms with van der Waals surface area (Å²) in [5, 5.41) is 0.604. The fourth-order valence-corrected chi connectivity index (χ4v) is 2.96. The Morgan fingerprint density at radius 2 is 2.22 bits per heavy atom. The van der Waals surface area contributed by atoms with Crippen molar-refractivity contribution < 1.29 is 4.74 Å². The number of pyridine rings is 1. The van der Waals surface area contributed by atoms with Crippen LogP contribution in [0.1, 0.15) is 44.7 Å². The van der Waals surface area contributed by atoms with Crippen molar-refractivity contribution in [3.8, 4) is 5.88 Å². The number of ether oxygens (including phenoxy) is 1. The highest BCUT2D eigenvalue weighted by molar-refractivity contribution is 6.32. The summed E-state index contributed by atoms with van der Waals surface area (Å²) < 4.78 is 5.96. The smallest absolute Gasteiger partial charge is 0.213 e. The molecule has 0 aliphatic heterocycles. The van der Waals surface area contributed by atoms with Crippen LogP contribution in [0.5, 0.6) is 5.88 Å². The number of alkyl halides is 1. The Kier molecular flexibility index (Phi) is 5.13. The molecular formula is C14H19Cl2NO. The Bertz CT molecular complexity index is 397. The van der Waals surface area contributed by atoms with E-state index in [4.69, 9.17) is 27.9 Å². The normalized spacial score (nSPS) is 23.9. The van der Waals surface area contributed by atoms with Crippen LogP contribution in [0.4, 0.5) is 0 Å². The highest BCUT2D eigenvalue weighted by atomic mass is 35.5. The molecule has 0 saturated heterocycles. The van der Waals surface area contributed by atoms with Gasteiger partial charge >= 0.3 is 0 Å². The van der Waals surface area contributed by atoms with Crippen LogP contribution in [0.2, 0.25) is 5.02 Å². The van der Waals surface area contributed by atoms with Gasteiger partial charge < -0.3 is 4.74 Å². The lowest BCUT2D eigenvalue weighted by atomic mass is 9.85. The zero-order valence-electron chi connectivity index (χ0n) is 10.7. The maximum absolute atomic E-state index is 5.98. The van der Waals surface area contributed by atoms with E-state index in [0.717, 1.165) is 18.8 Å². The molecule has 0 bridgehead atoms. The average molecular weight is 288 g/mol. The molecule has 1 saturated carbocycles. The van der Waals surface area contributed by atoms with Crippen LogP contribution in [0.25, 0.3) is 0 Å². The number of aromatic nitrogens is 1. The van der Waals surface area contributed by atoms with Gasteiger partial charge in [0.1, 0.15) is 6.10 Å². The third kappa shape index (κ3) is 3.52. The number of hydrogen-bond acceptors (Lipinski definition) is 2. The van der Waals surface area contributed by atoms with Crippen molar-refractivity contribution in [2.45, 2.75) is 51.0 Å². The quantitative estimate of drug-likeness (QED) is 0.741. The summed E-state index contributed by atoms with van der Waals surface area (Å²) in [6.45, 7) is 2.25. The van der Waals surface area contributed by atoms with E-state index in [1.165, 1.54) is 19.3 Å². The summed E-state index contributed by atoms with van der Waals surface area (Å²) in [6.07, 6.45) is 6.37. The molecule has 2 atom stereocenters. The second-order valence-electron chi connectivity index (χ2n) is 4.89. The van der Waals surface area contributed by atoms with Crippen LogP contribution >= 0.6 is 23.2 Å². The van der Waals surface area contributed by atoms with Gasteiger partial charge in [-0.1, -0.05) is 31.4 Å². The van der Waals surface area contributed by atoms with Gasteiger partial charge in [0.2, 0.25) is 5.88 Å². The van der Waals surface area contributed by atoms with E-state index in [0.29, 0.717) is 28.6 Å². The molecule has 18 heavy (non-hydrogen) atoms. The lowest BCUT2D eigenvalue weighted by Gasteiger charge is -2.28. The Balaban J connectivity index is 2.00. The van der Waals surface area contributed by atoms with Gasteiger partial charge in [0.05, 0.1) is 16.6 Å². The molecular weight excluding hydrogens is 269 g/mol. The second kappa shape index (κ2) is 6.63. The second-order valence-corrected chi connectivity index (χ2v) is 5.57. The van der Waals surface area contributed by atoms with Gasteiger partial charge in [0.25, 0.3) is 0 Å². The minimum atomic E-state index is 0.292. The molecule has 1 fully saturated rings. The summed E-state index contributed by atoms with van der Waals surface area (Å²) in [4.78, 5) is 4.35. The summed E-state index contributed by atoms with van der Waals surface area (Å²) in [6, 6.07) is 3.63. The van der Waals surface area contributed by atoms with Crippen LogP contribution in [0.3, 0.4) is 0 Å². The lowest BCUT2D eigenvalue weighted by Crippen LogP contribution is -2.25. The van der Waals surface area contributed by atoms with E-state index in [9.17, 15) is 0 Å². The van der Waals surface area contributed by atoms with Gasteiger partial charge in [-0.05, 0) is 31.2 Å². The molecule has 1 heterocycles. The van der Waals surface area contributed by atoms with Gasteiger partial charge in [0, 0.05) is 6.07 Å². The molecule has 4 heteroatoms. The molecule has 0 radical (unpaired) electrons. The minimum absolute atomic E-state index is 0.292. The van der Waals surface area contributed by atoms with Gasteiger partial charge in [-0.15, -0.1) is 11.6 Å². The predicted octanol–water partition coefficient (Wildman–Crippen LogP) is 4.82. The monoisotopic (exact) mass is 287 g/mol. The lowest BCUT2D eigenvalue weighted by molar-refractivity contribution is 0.117. The SMILES string of the molecule is CCC1CCCC(Oc2ccc(Cl)c(CCl)n2)C1. The molecule has 1 aliphatic rings. The summed E-state index contributed by atoms with van der Waals surface area (Å²) in [5.74, 6) is 1.76. The van der Waals surface area contributed by atoms with Crippen LogP contribution < -0.4 is 4.74 Å². The third-order valence-corrected chi connectivity index (χ3v) is 4.22. The van der Waals surface area contributed by atoms with Crippen LogP contribution in [0.15, 0.2) is 12.1 Å². The van der Waals surface area contributed by atoms with Crippen molar-refractivity contribution in [2.75, 3.05) is 0 Å². The Labute approximate surface area is 119 Å². The molecule has 1 aromatic rings. The van der Waals surface area contributed by atoms with Gasteiger partial charge in [-0.2, -0.15) is 0 Å². The average Bonchev–Trinajstić information content (AvgIpc) is 2.41. The van der Waals surface area contributed by atoms with Crippen molar-refractivity contribution in [1.29, 1.82) is 0 Å². The summed E-state index contributed by atoms with van der Waals surface area (Å²) >= 11 is 11.8. The maximum atomic E-state index is 5.98. The Morgan fingerprint density at radius 1 is 1.39 bits per heavy atom. The number of nitrogens with zero attached hydrogens (tertiary/aromatic N) is 1. The van der Waals surface area contributed by atoms with E-state index < -0.39 is 0 Å². The van der Waals surface area contributed by atoms with E-state index in [1.54, 1.807) is 0 Å². The van der Waals surface area contributed by atoms with E-state index in [-0.39, 0.29) is 0 Å². The van der Waals surface area contributed by atoms with Gasteiger partial charge in [-0.25, -0.2) is 4.98 Å². The first-order valence-corrected chi connectivity index (χ1v) is 7.52. The molecule has 2 unspecified atom stereocenters. The first-order chi connectivity index (χ1) is 8.72. The van der Waals surface area contributed by atoms with Crippen molar-refractivity contribution in [3.05, 3.63) is 22.8 Å². The zero-order chi connectivity index (χ0) is 13.0. The van der Waals surface area contributed by atoms with Crippen molar-refractivity contribution in [1.82, 2.24) is 4.98 Å². The fourth-order valence-electron chi connectivity index (χ4n) is 2.51. The zero-order valence-corrected chi connectivity index (χ0v) is 12.2. The highest BCUT2D eigenvalue weighted by Crippen LogP contribution is 2.29. The molecule has 2 rings (SSSR count). The number of halogens is 2. The standard InChI is InChI=1S/C14H19Cl2NO/c1-2-10-4-3-5-11(8-10)18-14-7-6-12(16)13(9-15)17-14/h6-7,10-11H,2-5,8-9H2,1H3. The van der Waals surface area contributed by atoms with Crippen LogP contribution in [-0.2, 0) is 5.88 Å². The summed E-state index contributed by atoms with van der Waals surface area (Å²) in [7, 11) is 0. The highest BCUT2D eigenvalue weighted by Gasteiger charge is 2.22. The molecule has 0 spiro atoms. The van der Waals surface area contributed by atoms with Crippen molar-refractivity contribution >= 4 is 23.2 Å². The number of rotatable bonds is 4. The molecule has 0 amide bonds. The molecule has 0 N–H and O–H groups in total. The molecule has 0 aromatic carbocycles. The van der Waals surface area contributed by atoms with Crippen molar-refractivity contribution in [3.63, 3.8) is 0 Å². The fraction of sp³-hybridized carbons (Fsp3) is 0.643. The molecule has 1 aliphatic carbocycles. The number of hydrogen-bond donors (Lipinski definition) is 0.